The van der Waals surface area contributed by atoms with E-state index in [9.17, 15) is 0 Å². The lowest BCUT2D eigenvalue weighted by molar-refractivity contribution is 1.35. The highest BCUT2D eigenvalue weighted by molar-refractivity contribution is 5.84. The van der Waals surface area contributed by atoms with Gasteiger partial charge in [0.15, 0.2) is 0 Å². The van der Waals surface area contributed by atoms with Crippen molar-refractivity contribution in [2.24, 2.45) is 0 Å². The minimum Gasteiger partial charge on any atom is -0.264 e. The second kappa shape index (κ2) is 11.8. The smallest absolute Gasteiger partial charge is 0.0731 e. The molecular weight excluding hydrogens is 316 g/mol. The van der Waals surface area contributed by atoms with E-state index in [1.165, 1.54) is 27.3 Å². The van der Waals surface area contributed by atoms with Gasteiger partial charge >= 0.3 is 0 Å². The molecule has 2 heteroatoms. The lowest BCUT2D eigenvalue weighted by atomic mass is 10.1. The van der Waals surface area contributed by atoms with Gasteiger partial charge in [0.05, 0.1) is 5.52 Å². The van der Waals surface area contributed by atoms with E-state index in [0.717, 1.165) is 5.52 Å². The van der Waals surface area contributed by atoms with Crippen LogP contribution in [0.4, 0.5) is 0 Å². The predicted octanol–water partition coefficient (Wildman–Crippen LogP) is 7.14. The Morgan fingerprint density at radius 3 is 1.88 bits per heavy atom. The van der Waals surface area contributed by atoms with Gasteiger partial charge in [0.2, 0.25) is 0 Å². The summed E-state index contributed by atoms with van der Waals surface area (Å²) in [7, 11) is 0. The number of para-hydroxylation sites is 1. The van der Waals surface area contributed by atoms with Crippen molar-refractivity contribution in [1.82, 2.24) is 9.97 Å². The van der Waals surface area contributed by atoms with Crippen molar-refractivity contribution in [1.29, 1.82) is 0 Å². The van der Waals surface area contributed by atoms with Crippen LogP contribution in [0, 0.1) is 13.8 Å². The van der Waals surface area contributed by atoms with Crippen molar-refractivity contribution in [2.45, 2.75) is 41.5 Å². The SMILES string of the molecule is CC.CC.Cc1cccc2cccnc12.Cc1cccc2ccncc12. The molecule has 0 aliphatic carbocycles. The van der Waals surface area contributed by atoms with Gasteiger partial charge in [0.1, 0.15) is 0 Å². The van der Waals surface area contributed by atoms with Crippen molar-refractivity contribution >= 4 is 21.7 Å². The molecule has 0 atom stereocenters. The van der Waals surface area contributed by atoms with Crippen molar-refractivity contribution in [3.63, 3.8) is 0 Å². The number of benzene rings is 2. The second-order valence-electron chi connectivity index (χ2n) is 5.32. The van der Waals surface area contributed by atoms with Crippen LogP contribution in [0.1, 0.15) is 38.8 Å². The van der Waals surface area contributed by atoms with E-state index in [4.69, 9.17) is 0 Å². The fourth-order valence-electron chi connectivity index (χ4n) is 2.52. The van der Waals surface area contributed by atoms with Crippen molar-refractivity contribution in [3.05, 3.63) is 84.3 Å². The molecule has 4 rings (SSSR count). The van der Waals surface area contributed by atoms with Gasteiger partial charge in [-0.05, 0) is 42.5 Å². The molecule has 0 amide bonds. The summed E-state index contributed by atoms with van der Waals surface area (Å²) < 4.78 is 0. The van der Waals surface area contributed by atoms with Crippen LogP contribution in [0.3, 0.4) is 0 Å². The minimum absolute atomic E-state index is 1.11. The Kier molecular flexibility index (Phi) is 9.63. The van der Waals surface area contributed by atoms with Crippen molar-refractivity contribution in [3.8, 4) is 0 Å². The van der Waals surface area contributed by atoms with Gasteiger partial charge in [0, 0.05) is 29.4 Å². The number of aromatic nitrogens is 2. The molecular formula is C24H30N2. The van der Waals surface area contributed by atoms with Crippen LogP contribution < -0.4 is 0 Å². The zero-order valence-electron chi connectivity index (χ0n) is 16.8. The molecule has 4 aromatic rings. The Bertz CT molecular complexity index is 826. The number of aryl methyl sites for hydroxylation is 2. The molecule has 0 saturated heterocycles. The topological polar surface area (TPSA) is 25.8 Å². The number of rotatable bonds is 0. The average Bonchev–Trinajstić information content (AvgIpc) is 2.72. The normalized spacial score (nSPS) is 9.15. The molecule has 0 aliphatic rings. The molecule has 26 heavy (non-hydrogen) atoms. The zero-order chi connectivity index (χ0) is 19.4. The molecule has 2 aromatic heterocycles. The molecule has 0 N–H and O–H groups in total. The molecule has 0 aliphatic heterocycles. The number of hydrogen-bond acceptors (Lipinski definition) is 2. The highest BCUT2D eigenvalue weighted by atomic mass is 14.6. The molecule has 0 unspecified atom stereocenters. The summed E-state index contributed by atoms with van der Waals surface area (Å²) in [5.74, 6) is 0. The van der Waals surface area contributed by atoms with Gasteiger partial charge in [-0.3, -0.25) is 9.97 Å². The monoisotopic (exact) mass is 346 g/mol. The maximum absolute atomic E-state index is 4.28. The van der Waals surface area contributed by atoms with E-state index in [2.05, 4.69) is 66.3 Å². The molecule has 0 radical (unpaired) electrons. The first kappa shape index (κ1) is 21.3. The van der Waals surface area contributed by atoms with E-state index in [1.54, 1.807) is 0 Å². The Morgan fingerprint density at radius 1 is 0.615 bits per heavy atom. The summed E-state index contributed by atoms with van der Waals surface area (Å²) in [5.41, 5.74) is 3.63. The minimum atomic E-state index is 1.11. The third-order valence-electron chi connectivity index (χ3n) is 3.74. The van der Waals surface area contributed by atoms with E-state index in [1.807, 2.05) is 58.4 Å². The quantitative estimate of drug-likeness (QED) is 0.338. The largest absolute Gasteiger partial charge is 0.264 e. The average molecular weight is 347 g/mol. The fourth-order valence-corrected chi connectivity index (χ4v) is 2.52. The molecule has 0 fully saturated rings. The summed E-state index contributed by atoms with van der Waals surface area (Å²) in [6.45, 7) is 12.2. The van der Waals surface area contributed by atoms with Gasteiger partial charge in [-0.1, -0.05) is 70.2 Å². The zero-order valence-corrected chi connectivity index (χ0v) is 16.8. The summed E-state index contributed by atoms with van der Waals surface area (Å²) in [6, 6.07) is 18.6. The third-order valence-corrected chi connectivity index (χ3v) is 3.74. The summed E-state index contributed by atoms with van der Waals surface area (Å²) in [4.78, 5) is 8.35. The number of fused-ring (bicyclic) bond motifs is 2. The van der Waals surface area contributed by atoms with Crippen LogP contribution in [0.15, 0.2) is 73.2 Å². The molecule has 2 nitrogen and oxygen atoms in total. The predicted molar refractivity (Wildman–Crippen MR) is 116 cm³/mol. The van der Waals surface area contributed by atoms with Crippen molar-refractivity contribution in [2.75, 3.05) is 0 Å². The third kappa shape index (κ3) is 5.66. The first-order valence-electron chi connectivity index (χ1n) is 9.35. The van der Waals surface area contributed by atoms with E-state index < -0.39 is 0 Å². The lowest BCUT2D eigenvalue weighted by Crippen LogP contribution is -1.80. The van der Waals surface area contributed by atoms with Gasteiger partial charge in [-0.25, -0.2) is 0 Å². The lowest BCUT2D eigenvalue weighted by Gasteiger charge is -1.98. The van der Waals surface area contributed by atoms with Crippen LogP contribution >= 0.6 is 0 Å². The number of nitrogens with zero attached hydrogens (tertiary/aromatic N) is 2. The molecule has 0 saturated carbocycles. The van der Waals surface area contributed by atoms with Crippen LogP contribution in [0.5, 0.6) is 0 Å². The fraction of sp³-hybridized carbons (Fsp3) is 0.250. The highest BCUT2D eigenvalue weighted by Crippen LogP contribution is 2.15. The van der Waals surface area contributed by atoms with Crippen molar-refractivity contribution < 1.29 is 0 Å². The molecule has 2 heterocycles. The van der Waals surface area contributed by atoms with E-state index in [0.29, 0.717) is 0 Å². The van der Waals surface area contributed by atoms with Gasteiger partial charge < -0.3 is 0 Å². The van der Waals surface area contributed by atoms with Crippen LogP contribution in [0.25, 0.3) is 21.7 Å². The molecule has 0 spiro atoms. The first-order valence-corrected chi connectivity index (χ1v) is 9.35. The maximum atomic E-state index is 4.28. The summed E-state index contributed by atoms with van der Waals surface area (Å²) >= 11 is 0. The first-order chi connectivity index (χ1) is 12.8. The highest BCUT2D eigenvalue weighted by Gasteiger charge is 1.94. The molecule has 2 aromatic carbocycles. The Balaban J connectivity index is 0.000000219. The standard InChI is InChI=1S/2C10H9N.2C2H6/c1-8-4-2-5-9-6-3-7-11-10(8)9;1-8-3-2-4-9-5-6-11-7-10(8)9;2*1-2/h2*2-7H,1H3;2*1-2H3. The Labute approximate surface area is 157 Å². The van der Waals surface area contributed by atoms with Gasteiger partial charge in [-0.15, -0.1) is 0 Å². The summed E-state index contributed by atoms with van der Waals surface area (Å²) in [5, 5.41) is 3.72. The Hall–Kier alpha value is -2.74. The summed E-state index contributed by atoms with van der Waals surface area (Å²) in [6.07, 6.45) is 5.56. The number of pyridine rings is 2. The maximum Gasteiger partial charge on any atom is 0.0731 e. The molecule has 136 valence electrons. The van der Waals surface area contributed by atoms with Crippen LogP contribution in [-0.2, 0) is 0 Å². The molecule has 0 bridgehead atoms. The van der Waals surface area contributed by atoms with Gasteiger partial charge in [0.25, 0.3) is 0 Å². The number of hydrogen-bond donors (Lipinski definition) is 0. The second-order valence-corrected chi connectivity index (χ2v) is 5.32. The Morgan fingerprint density at radius 2 is 1.23 bits per heavy atom. The van der Waals surface area contributed by atoms with Crippen LogP contribution in [0.2, 0.25) is 0 Å². The van der Waals surface area contributed by atoms with Crippen LogP contribution in [-0.4, -0.2) is 9.97 Å². The van der Waals surface area contributed by atoms with E-state index >= 15 is 0 Å². The van der Waals surface area contributed by atoms with E-state index in [-0.39, 0.29) is 0 Å². The van der Waals surface area contributed by atoms with Gasteiger partial charge in [-0.2, -0.15) is 0 Å².